The highest BCUT2D eigenvalue weighted by atomic mass is 16.7. The van der Waals surface area contributed by atoms with Crippen molar-refractivity contribution >= 4 is 5.69 Å². The molecular weight excluding hydrogens is 228 g/mol. The second-order valence-corrected chi connectivity index (χ2v) is 4.01. The number of para-hydroxylation sites is 1. The fourth-order valence-corrected chi connectivity index (χ4v) is 1.87. The third-order valence-corrected chi connectivity index (χ3v) is 2.75. The van der Waals surface area contributed by atoms with Crippen molar-refractivity contribution in [2.45, 2.75) is 12.8 Å². The quantitative estimate of drug-likeness (QED) is 0.647. The topological polar surface area (TPSA) is 55.2 Å². The predicted octanol–water partition coefficient (Wildman–Crippen LogP) is 3.08. The zero-order chi connectivity index (χ0) is 12.8. The van der Waals surface area contributed by atoms with Gasteiger partial charge in [-0.05, 0) is 30.0 Å². The number of hydrogen-bond donors (Lipinski definition) is 1. The minimum Gasteiger partial charge on any atom is -0.235 e. The Labute approximate surface area is 105 Å². The van der Waals surface area contributed by atoms with Crippen LogP contribution in [0.2, 0.25) is 0 Å². The maximum Gasteiger partial charge on any atom is 0.162 e. The molecule has 0 aliphatic carbocycles. The summed E-state index contributed by atoms with van der Waals surface area (Å²) in [6.07, 6.45) is 1.65. The number of nitrogens with one attached hydrogen (secondary N) is 1. The van der Waals surface area contributed by atoms with Crippen molar-refractivity contribution in [1.82, 2.24) is 0 Å². The van der Waals surface area contributed by atoms with Gasteiger partial charge in [-0.15, -0.1) is 5.43 Å². The van der Waals surface area contributed by atoms with Crippen LogP contribution in [-0.2, 0) is 12.8 Å². The Bertz CT molecular complexity index is 526. The molecule has 0 saturated heterocycles. The minimum atomic E-state index is -0.526. The fraction of sp³-hybridized carbons (Fsp3) is 0.143. The molecule has 0 amide bonds. The highest BCUT2D eigenvalue weighted by Crippen LogP contribution is 2.17. The van der Waals surface area contributed by atoms with E-state index in [9.17, 15) is 10.1 Å². The predicted molar refractivity (Wildman–Crippen MR) is 70.9 cm³/mol. The van der Waals surface area contributed by atoms with Crippen molar-refractivity contribution in [2.75, 3.05) is 5.43 Å². The van der Waals surface area contributed by atoms with Crippen LogP contribution >= 0.6 is 0 Å². The number of benzene rings is 2. The smallest absolute Gasteiger partial charge is 0.162 e. The summed E-state index contributed by atoms with van der Waals surface area (Å²) in [7, 11) is 0. The van der Waals surface area contributed by atoms with Crippen LogP contribution in [0.5, 0.6) is 0 Å². The average Bonchev–Trinajstić information content (AvgIpc) is 2.38. The van der Waals surface area contributed by atoms with E-state index in [4.69, 9.17) is 0 Å². The summed E-state index contributed by atoms with van der Waals surface area (Å²) in [4.78, 5) is 10.5. The highest BCUT2D eigenvalue weighted by Gasteiger charge is 2.06. The van der Waals surface area contributed by atoms with E-state index in [2.05, 4.69) is 17.6 Å². The molecule has 2 aromatic rings. The molecule has 0 aliphatic rings. The van der Waals surface area contributed by atoms with Gasteiger partial charge >= 0.3 is 0 Å². The summed E-state index contributed by atoms with van der Waals surface area (Å²) in [5, 5.41) is 9.96. The van der Waals surface area contributed by atoms with Crippen LogP contribution in [0.3, 0.4) is 0 Å². The van der Waals surface area contributed by atoms with Gasteiger partial charge in [-0.25, -0.2) is 10.1 Å². The molecule has 4 nitrogen and oxygen atoms in total. The Hall–Kier alpha value is -2.36. The molecule has 0 bridgehead atoms. The van der Waals surface area contributed by atoms with E-state index in [1.807, 2.05) is 30.3 Å². The Kier molecular flexibility index (Phi) is 3.91. The zero-order valence-electron chi connectivity index (χ0n) is 9.87. The third kappa shape index (κ3) is 3.31. The van der Waals surface area contributed by atoms with Crippen LogP contribution in [0, 0.1) is 10.1 Å². The maximum atomic E-state index is 10.5. The number of hydrogen-bond acceptors (Lipinski definition) is 2. The van der Waals surface area contributed by atoms with Gasteiger partial charge in [-0.1, -0.05) is 48.5 Å². The summed E-state index contributed by atoms with van der Waals surface area (Å²) in [5.74, 6) is 0. The zero-order valence-corrected chi connectivity index (χ0v) is 9.87. The van der Waals surface area contributed by atoms with Crippen molar-refractivity contribution in [2.24, 2.45) is 0 Å². The molecule has 92 valence electrons. The van der Waals surface area contributed by atoms with E-state index >= 15 is 0 Å². The van der Waals surface area contributed by atoms with E-state index in [1.54, 1.807) is 12.1 Å². The van der Waals surface area contributed by atoms with Gasteiger partial charge in [-0.3, -0.25) is 0 Å². The van der Waals surface area contributed by atoms with Gasteiger partial charge in [0.25, 0.3) is 0 Å². The lowest BCUT2D eigenvalue weighted by Crippen LogP contribution is -2.10. The van der Waals surface area contributed by atoms with Gasteiger partial charge in [0.1, 0.15) is 5.69 Å². The summed E-state index contributed by atoms with van der Waals surface area (Å²) in [6, 6.07) is 17.4. The van der Waals surface area contributed by atoms with Crippen molar-refractivity contribution in [3.63, 3.8) is 0 Å². The van der Waals surface area contributed by atoms with Gasteiger partial charge in [-0.2, -0.15) is 0 Å². The van der Waals surface area contributed by atoms with Crippen LogP contribution in [0.25, 0.3) is 0 Å². The van der Waals surface area contributed by atoms with E-state index in [-0.39, 0.29) is 0 Å². The van der Waals surface area contributed by atoms with E-state index in [0.29, 0.717) is 5.69 Å². The van der Waals surface area contributed by atoms with Crippen LogP contribution in [-0.4, -0.2) is 5.03 Å². The Morgan fingerprint density at radius 2 is 1.61 bits per heavy atom. The molecule has 4 heteroatoms. The third-order valence-electron chi connectivity index (χ3n) is 2.75. The summed E-state index contributed by atoms with van der Waals surface area (Å²) >= 11 is 0. The number of anilines is 1. The second-order valence-electron chi connectivity index (χ2n) is 4.01. The molecule has 0 atom stereocenters. The standard InChI is InChI=1S/C14H14N2O2/c17-16(18)15-14-9-5-4-8-13(14)11-10-12-6-2-1-3-7-12/h1-9,15H,10-11H2. The molecule has 0 saturated carbocycles. The summed E-state index contributed by atoms with van der Waals surface area (Å²) in [6.45, 7) is 0. The number of nitrogens with zero attached hydrogens (tertiary/aromatic N) is 1. The number of rotatable bonds is 5. The second kappa shape index (κ2) is 5.82. The molecule has 0 aliphatic heterocycles. The minimum absolute atomic E-state index is 0.526. The van der Waals surface area contributed by atoms with Crippen molar-refractivity contribution in [3.05, 3.63) is 75.8 Å². The van der Waals surface area contributed by atoms with Gasteiger partial charge in [0, 0.05) is 0 Å². The number of aryl methyl sites for hydroxylation is 2. The van der Waals surface area contributed by atoms with Gasteiger partial charge in [0.05, 0.1) is 0 Å². The highest BCUT2D eigenvalue weighted by molar-refractivity contribution is 5.49. The molecule has 0 aromatic heterocycles. The maximum absolute atomic E-state index is 10.5. The molecule has 0 fully saturated rings. The monoisotopic (exact) mass is 242 g/mol. The Morgan fingerprint density at radius 3 is 2.33 bits per heavy atom. The molecule has 0 unspecified atom stereocenters. The van der Waals surface area contributed by atoms with Crippen LogP contribution in [0.4, 0.5) is 5.69 Å². The Morgan fingerprint density at radius 1 is 0.944 bits per heavy atom. The fourth-order valence-electron chi connectivity index (χ4n) is 1.87. The van der Waals surface area contributed by atoms with Crippen molar-refractivity contribution < 1.29 is 5.03 Å². The van der Waals surface area contributed by atoms with E-state index in [0.717, 1.165) is 18.4 Å². The lowest BCUT2D eigenvalue weighted by atomic mass is 10.0. The molecule has 18 heavy (non-hydrogen) atoms. The Balaban J connectivity index is 2.07. The first-order valence-corrected chi connectivity index (χ1v) is 5.78. The molecule has 2 rings (SSSR count). The molecule has 2 aromatic carbocycles. The molecule has 1 N–H and O–H groups in total. The van der Waals surface area contributed by atoms with E-state index in [1.165, 1.54) is 5.56 Å². The lowest BCUT2D eigenvalue weighted by Gasteiger charge is -2.06. The first kappa shape index (κ1) is 12.1. The molecule has 0 radical (unpaired) electrons. The first-order valence-electron chi connectivity index (χ1n) is 5.78. The summed E-state index contributed by atoms with van der Waals surface area (Å²) < 4.78 is 0. The van der Waals surface area contributed by atoms with Crippen LogP contribution in [0.1, 0.15) is 11.1 Å². The SMILES string of the molecule is O=[N+]([O-])Nc1ccccc1CCc1ccccc1. The van der Waals surface area contributed by atoms with Gasteiger partial charge < -0.3 is 0 Å². The van der Waals surface area contributed by atoms with Crippen molar-refractivity contribution in [3.8, 4) is 0 Å². The summed E-state index contributed by atoms with van der Waals surface area (Å²) in [5.41, 5.74) is 4.99. The lowest BCUT2D eigenvalue weighted by molar-refractivity contribution is -0.445. The van der Waals surface area contributed by atoms with Crippen LogP contribution < -0.4 is 5.43 Å². The average molecular weight is 242 g/mol. The van der Waals surface area contributed by atoms with E-state index < -0.39 is 5.03 Å². The largest absolute Gasteiger partial charge is 0.235 e. The molecule has 0 heterocycles. The number of hydrazine groups is 1. The van der Waals surface area contributed by atoms with Gasteiger partial charge in [0.2, 0.25) is 0 Å². The normalized spacial score (nSPS) is 10.0. The first-order chi connectivity index (χ1) is 8.75. The molecule has 0 spiro atoms. The van der Waals surface area contributed by atoms with Crippen molar-refractivity contribution in [1.29, 1.82) is 0 Å². The number of nitro groups is 1. The van der Waals surface area contributed by atoms with Gasteiger partial charge in [0.15, 0.2) is 5.03 Å². The molecular formula is C14H14N2O2. The van der Waals surface area contributed by atoms with Crippen LogP contribution in [0.15, 0.2) is 54.6 Å².